The molecule has 1 amide bonds. The molecule has 0 aliphatic carbocycles. The molecule has 2 aromatic carbocycles. The van der Waals surface area contributed by atoms with Crippen LogP contribution < -0.4 is 15.2 Å². The number of thioether (sulfide) groups is 1. The number of benzene rings is 2. The van der Waals surface area contributed by atoms with Gasteiger partial charge in [0.25, 0.3) is 5.91 Å². The fraction of sp³-hybridized carbons (Fsp3) is 0.379. The van der Waals surface area contributed by atoms with Crippen LogP contribution in [0.5, 0.6) is 5.75 Å². The van der Waals surface area contributed by atoms with Crippen molar-refractivity contribution in [3.05, 3.63) is 92.9 Å². The third kappa shape index (κ3) is 4.56. The van der Waals surface area contributed by atoms with Crippen molar-refractivity contribution in [1.29, 1.82) is 0 Å². The van der Waals surface area contributed by atoms with Crippen molar-refractivity contribution in [2.24, 2.45) is 0 Å². The summed E-state index contributed by atoms with van der Waals surface area (Å²) >= 11 is 1.39. The summed E-state index contributed by atoms with van der Waals surface area (Å²) in [5.74, 6) is -2.56. The molecule has 4 atom stereocenters. The third-order valence-corrected chi connectivity index (χ3v) is 9.06. The number of amides is 1. The van der Waals surface area contributed by atoms with Crippen LogP contribution in [0.15, 0.2) is 58.4 Å². The van der Waals surface area contributed by atoms with Gasteiger partial charge in [0.05, 0.1) is 32.0 Å². The van der Waals surface area contributed by atoms with Gasteiger partial charge in [-0.15, -0.1) is 11.8 Å². The van der Waals surface area contributed by atoms with E-state index in [9.17, 15) is 19.1 Å². The predicted octanol–water partition coefficient (Wildman–Crippen LogP) is 2.73. The molecule has 0 spiro atoms. The summed E-state index contributed by atoms with van der Waals surface area (Å²) in [6.45, 7) is -0.470. The molecule has 4 aliphatic rings. The number of hydrogen-bond donors (Lipinski definition) is 1. The van der Waals surface area contributed by atoms with Crippen molar-refractivity contribution < 1.29 is 37.6 Å². The zero-order chi connectivity index (χ0) is 29.0. The van der Waals surface area contributed by atoms with Crippen LogP contribution in [0.25, 0.3) is 0 Å². The lowest BCUT2D eigenvalue weighted by Gasteiger charge is -2.51. The summed E-state index contributed by atoms with van der Waals surface area (Å²) < 4.78 is 53.5. The molecule has 4 aliphatic heterocycles. The van der Waals surface area contributed by atoms with Gasteiger partial charge < -0.3 is 29.0 Å². The highest BCUT2D eigenvalue weighted by Gasteiger charge is 2.46. The highest BCUT2D eigenvalue weighted by Crippen LogP contribution is 2.45. The number of aliphatic hydroxyl groups is 1. The molecule has 7 rings (SSSR count). The largest absolute Gasteiger partial charge is 0.435 e. The molecule has 1 unspecified atom stereocenters. The first-order chi connectivity index (χ1) is 20.4. The predicted molar refractivity (Wildman–Crippen MR) is 146 cm³/mol. The minimum atomic E-state index is -1.83. The molecule has 13 heteroatoms. The van der Waals surface area contributed by atoms with Gasteiger partial charge >= 0.3 is 6.48 Å². The van der Waals surface area contributed by atoms with E-state index in [0.29, 0.717) is 18.6 Å². The number of fused-ring (bicyclic) bond motifs is 4. The Morgan fingerprint density at radius 1 is 1.02 bits per heavy atom. The Balaban J connectivity index is 1.41. The fourth-order valence-corrected chi connectivity index (χ4v) is 7.11. The second kappa shape index (κ2) is 11.0. The number of rotatable bonds is 5. The van der Waals surface area contributed by atoms with E-state index in [1.165, 1.54) is 28.7 Å². The first kappa shape index (κ1) is 27.3. The lowest BCUT2D eigenvalue weighted by molar-refractivity contribution is -0.239. The Hall–Kier alpha value is -3.49. The van der Waals surface area contributed by atoms with E-state index in [0.717, 1.165) is 16.5 Å². The second-order valence-electron chi connectivity index (χ2n) is 10.3. The Kier molecular flexibility index (Phi) is 7.14. The first-order valence-corrected chi connectivity index (χ1v) is 14.6. The number of pyridine rings is 1. The Labute approximate surface area is 243 Å². The molecule has 0 bridgehead atoms. The topological polar surface area (TPSA) is 103 Å². The van der Waals surface area contributed by atoms with Gasteiger partial charge in [-0.1, -0.05) is 24.3 Å². The number of halogens is 2. The number of hydrogen-bond acceptors (Lipinski definition) is 9. The van der Waals surface area contributed by atoms with Gasteiger partial charge in [-0.3, -0.25) is 19.3 Å². The average molecular weight is 600 g/mol. The van der Waals surface area contributed by atoms with Gasteiger partial charge in [-0.2, -0.15) is 0 Å². The van der Waals surface area contributed by atoms with E-state index >= 15 is 4.39 Å². The van der Waals surface area contributed by atoms with Crippen LogP contribution in [0.1, 0.15) is 39.6 Å². The smallest absolute Gasteiger partial charge is 0.313 e. The van der Waals surface area contributed by atoms with Gasteiger partial charge in [-0.25, -0.2) is 8.78 Å². The van der Waals surface area contributed by atoms with Crippen molar-refractivity contribution in [3.63, 3.8) is 0 Å². The van der Waals surface area contributed by atoms with E-state index in [1.807, 2.05) is 29.3 Å². The molecule has 0 saturated carbocycles. The lowest BCUT2D eigenvalue weighted by atomic mass is 9.93. The van der Waals surface area contributed by atoms with Crippen LogP contribution in [-0.4, -0.2) is 72.3 Å². The molecule has 3 aromatic rings. The normalized spacial score (nSPS) is 23.9. The van der Waals surface area contributed by atoms with E-state index in [4.69, 9.17) is 18.9 Å². The number of nitrogens with zero attached hydrogens (tertiary/aromatic N) is 3. The number of aliphatic hydroxyl groups excluding tert-OH is 1. The lowest BCUT2D eigenvalue weighted by Crippen LogP contribution is -2.66. The molecule has 1 N–H and O–H groups in total. The summed E-state index contributed by atoms with van der Waals surface area (Å²) in [7, 11) is 0. The molecular weight excluding hydrogens is 572 g/mol. The monoisotopic (exact) mass is 599 g/mol. The summed E-state index contributed by atoms with van der Waals surface area (Å²) in [4.78, 5) is 29.6. The van der Waals surface area contributed by atoms with Crippen LogP contribution in [0, 0.1) is 11.6 Å². The molecule has 220 valence electrons. The van der Waals surface area contributed by atoms with Crippen LogP contribution in [0.3, 0.4) is 0 Å². The summed E-state index contributed by atoms with van der Waals surface area (Å²) in [6, 6.07) is 10.7. The molecule has 1 aromatic heterocycles. The highest BCUT2D eigenvalue weighted by atomic mass is 32.2. The van der Waals surface area contributed by atoms with E-state index < -0.39 is 47.8 Å². The number of aromatic nitrogens is 1. The van der Waals surface area contributed by atoms with Crippen LogP contribution in [-0.2, 0) is 20.0 Å². The summed E-state index contributed by atoms with van der Waals surface area (Å²) in [5.41, 5.74) is 0.788. The number of carbonyl (C=O) groups excluding carboxylic acids is 1. The van der Waals surface area contributed by atoms with Crippen molar-refractivity contribution in [2.45, 2.75) is 41.9 Å². The molecule has 0 radical (unpaired) electrons. The molecule has 42 heavy (non-hydrogen) atoms. The van der Waals surface area contributed by atoms with Gasteiger partial charge in [0.15, 0.2) is 17.3 Å². The van der Waals surface area contributed by atoms with Crippen molar-refractivity contribution >= 4 is 17.7 Å². The Morgan fingerprint density at radius 2 is 1.86 bits per heavy atom. The molecular formula is C29H27F2N3O7S. The first-order valence-electron chi connectivity index (χ1n) is 13.6. The van der Waals surface area contributed by atoms with E-state index in [2.05, 4.69) is 0 Å². The van der Waals surface area contributed by atoms with Crippen molar-refractivity contribution in [1.82, 2.24) is 9.58 Å². The third-order valence-electron chi connectivity index (χ3n) is 7.95. The molecule has 10 nitrogen and oxygen atoms in total. The molecule has 2 saturated heterocycles. The minimum Gasteiger partial charge on any atom is -0.435 e. The number of ether oxygens (including phenoxy) is 4. The van der Waals surface area contributed by atoms with Gasteiger partial charge in [0.1, 0.15) is 6.17 Å². The number of morpholine rings is 1. The van der Waals surface area contributed by atoms with Gasteiger partial charge in [-0.05, 0) is 29.7 Å². The van der Waals surface area contributed by atoms with Crippen molar-refractivity contribution in [2.75, 3.05) is 38.0 Å². The molecule has 5 heterocycles. The number of carbonyl (C=O) groups is 1. The van der Waals surface area contributed by atoms with Crippen LogP contribution >= 0.6 is 11.8 Å². The summed E-state index contributed by atoms with van der Waals surface area (Å²) in [6.07, 6.45) is 0.912. The molecule has 2 fully saturated rings. The quantitative estimate of drug-likeness (QED) is 0.444. The maximum Gasteiger partial charge on any atom is 0.313 e. The Morgan fingerprint density at radius 3 is 2.69 bits per heavy atom. The van der Waals surface area contributed by atoms with E-state index in [-0.39, 0.29) is 49.1 Å². The second-order valence-corrected chi connectivity index (χ2v) is 11.4. The van der Waals surface area contributed by atoms with Gasteiger partial charge in [0.2, 0.25) is 11.2 Å². The SMILES string of the molecule is O=C1c2c(OC(O)O[C@@H]3CCOC3)c(=O)ccn2N([C@@H]2c3ccccc3SCc3c2ccc(F)c3F)[C@@H]2COCCN12. The van der Waals surface area contributed by atoms with Crippen LogP contribution in [0.2, 0.25) is 0 Å². The Bertz CT molecular complexity index is 1600. The van der Waals surface area contributed by atoms with E-state index in [1.54, 1.807) is 11.0 Å². The summed E-state index contributed by atoms with van der Waals surface area (Å²) in [5, 5.41) is 12.4. The highest BCUT2D eigenvalue weighted by molar-refractivity contribution is 7.98. The maximum atomic E-state index is 15.3. The van der Waals surface area contributed by atoms with Crippen molar-refractivity contribution in [3.8, 4) is 5.75 Å². The zero-order valence-corrected chi connectivity index (χ0v) is 23.1. The standard InChI is InChI=1S/C29H27F2N3O7S/c30-20-6-5-17-19(24(20)31)15-42-22-4-2-1-3-18(22)25(17)34-23-14-39-12-10-32(23)28(36)26-27(21(35)7-9-33(26)34)41-29(37)40-16-8-11-38-13-16/h1-7,9,16,23,25,29,37H,8,10-15H2/t16-,23-,25+,29?/m1/s1. The minimum absolute atomic E-state index is 0.121. The van der Waals surface area contributed by atoms with Gasteiger partial charge in [0, 0.05) is 41.6 Å². The fourth-order valence-electron chi connectivity index (χ4n) is 6.00. The average Bonchev–Trinajstić information content (AvgIpc) is 3.44. The van der Waals surface area contributed by atoms with Crippen LogP contribution in [0.4, 0.5) is 8.78 Å². The zero-order valence-electron chi connectivity index (χ0n) is 22.3. The maximum absolute atomic E-state index is 15.3.